The Morgan fingerprint density at radius 2 is 1.07 bits per heavy atom. The molecule has 0 aromatic heterocycles. The van der Waals surface area contributed by atoms with Crippen molar-refractivity contribution >= 4 is 56.0 Å². The monoisotopic (exact) mass is 768 g/mol. The molecular formula is C41H63GeN2PSe. The number of benzene rings is 2. The molecule has 2 fully saturated rings. The fourth-order valence-corrected chi connectivity index (χ4v) is 12.8. The van der Waals surface area contributed by atoms with Crippen molar-refractivity contribution in [2.75, 3.05) is 3.86 Å². The third kappa shape index (κ3) is 11.1. The molecule has 2 aromatic rings. The molecule has 252 valence electrons. The summed E-state index contributed by atoms with van der Waals surface area (Å²) in [6, 6.07) is 13.3. The maximum atomic E-state index is 5.15. The molecule has 0 unspecified atom stereocenters. The van der Waals surface area contributed by atoms with Crippen LogP contribution in [0.2, 0.25) is 0 Å². The van der Waals surface area contributed by atoms with E-state index in [4.69, 9.17) is 4.99 Å². The predicted molar refractivity (Wildman–Crippen MR) is 210 cm³/mol. The molecule has 5 heteroatoms. The van der Waals surface area contributed by atoms with Gasteiger partial charge < -0.3 is 0 Å². The van der Waals surface area contributed by atoms with Gasteiger partial charge in [0.15, 0.2) is 0 Å². The summed E-state index contributed by atoms with van der Waals surface area (Å²) < 4.78 is 2.35. The molecule has 46 heavy (non-hydrogen) atoms. The minimum absolute atomic E-state index is 0.258. The molecule has 4 rings (SSSR count). The number of hydrogen-bond donors (Lipinski definition) is 0. The first-order valence-corrected chi connectivity index (χ1v) is 22.9. The first-order chi connectivity index (χ1) is 21.8. The molecule has 2 nitrogen and oxygen atoms in total. The summed E-state index contributed by atoms with van der Waals surface area (Å²) in [6.07, 6.45) is 17.4. The Hall–Kier alpha value is -0.858. The Morgan fingerprint density at radius 1 is 0.696 bits per heavy atom. The average molecular weight is 767 g/mol. The summed E-state index contributed by atoms with van der Waals surface area (Å²) in [5.41, 5.74) is 12.4. The fraction of sp³-hybridized carbons (Fsp3) is 0.634. The Kier molecular flexibility index (Phi) is 16.7. The maximum absolute atomic E-state index is 5.15. The zero-order valence-corrected chi connectivity index (χ0v) is 35.5. The number of para-hydroxylation sites is 2. The van der Waals surface area contributed by atoms with E-state index >= 15 is 0 Å². The molecular weight excluding hydrogens is 703 g/mol. The van der Waals surface area contributed by atoms with Crippen LogP contribution in [0.3, 0.4) is 0 Å². The van der Waals surface area contributed by atoms with Crippen LogP contribution in [0.15, 0.2) is 53.2 Å². The molecule has 0 atom stereocenters. The van der Waals surface area contributed by atoms with Crippen molar-refractivity contribution in [2.24, 2.45) is 4.99 Å². The van der Waals surface area contributed by atoms with Crippen molar-refractivity contribution in [2.45, 2.75) is 168 Å². The summed E-state index contributed by atoms with van der Waals surface area (Å²) >= 11 is 5.77. The summed E-state index contributed by atoms with van der Waals surface area (Å²) in [5.74, 6) is 1.83. The third-order valence-corrected chi connectivity index (χ3v) is 17.3. The van der Waals surface area contributed by atoms with Gasteiger partial charge in [0.25, 0.3) is 0 Å². The average Bonchev–Trinajstić information content (AvgIpc) is 3.04. The predicted octanol–water partition coefficient (Wildman–Crippen LogP) is 13.0. The Balaban J connectivity index is 0.000000339. The number of anilines is 1. The molecule has 4 radical (unpaired) electrons. The zero-order chi connectivity index (χ0) is 34.0. The van der Waals surface area contributed by atoms with E-state index in [1.807, 2.05) is 0 Å². The van der Waals surface area contributed by atoms with Crippen LogP contribution in [0.1, 0.15) is 179 Å². The Bertz CT molecular complexity index is 1210. The second kappa shape index (κ2) is 19.4. The summed E-state index contributed by atoms with van der Waals surface area (Å²) in [7, 11) is 0. The van der Waals surface area contributed by atoms with E-state index in [2.05, 4.69) is 148 Å². The summed E-state index contributed by atoms with van der Waals surface area (Å²) in [6.45, 7) is 22.7. The fourth-order valence-electron chi connectivity index (χ4n) is 7.13. The Morgan fingerprint density at radius 3 is 1.43 bits per heavy atom. The summed E-state index contributed by atoms with van der Waals surface area (Å²) in [4.78, 5) is 5.15. The van der Waals surface area contributed by atoms with Crippen molar-refractivity contribution < 1.29 is 0 Å². The van der Waals surface area contributed by atoms with Crippen LogP contribution in [0, 0.1) is 0 Å². The number of aliphatic imine (C=N–C) groups is 1. The van der Waals surface area contributed by atoms with Crippen LogP contribution in [0.5, 0.6) is 0 Å². The van der Waals surface area contributed by atoms with Gasteiger partial charge in [0, 0.05) is 0 Å². The molecule has 0 spiro atoms. The number of nitrogens with zero attached hydrogens (tertiary/aromatic N) is 2. The molecule has 0 saturated heterocycles. The molecule has 2 aliphatic carbocycles. The SMILES string of the molecule is CC(/C=C(/C)[N]([Ge])c1c(C(C)C)cccc1C(C)C)=Nc1c(C(C)C)cccc1C(C)C.[Se]P(C1CCCCC1)C1CCCCC1. The van der Waals surface area contributed by atoms with Gasteiger partial charge in [-0.2, -0.15) is 0 Å². The van der Waals surface area contributed by atoms with Crippen LogP contribution in [0.25, 0.3) is 0 Å². The van der Waals surface area contributed by atoms with Crippen molar-refractivity contribution in [3.63, 3.8) is 0 Å². The number of rotatable bonds is 10. The van der Waals surface area contributed by atoms with E-state index in [1.54, 1.807) is 0 Å². The van der Waals surface area contributed by atoms with Crippen LogP contribution in [0.4, 0.5) is 11.4 Å². The molecule has 0 N–H and O–H groups in total. The zero-order valence-electron chi connectivity index (χ0n) is 30.8. The molecule has 0 amide bonds. The van der Waals surface area contributed by atoms with Crippen molar-refractivity contribution in [1.29, 1.82) is 0 Å². The van der Waals surface area contributed by atoms with Gasteiger partial charge >= 0.3 is 304 Å². The standard InChI is InChI=1S/C29H41GeN2.C12H22PSe/c1-18(2)24-13-11-14-25(19(3)4)28(24)31-22(9)17-23(10)32(30)29-26(20(5)6)15-12-16-27(29)21(7)8;14-13(11-7-3-1-4-8-11)12-9-5-2-6-10-12/h11-21H,1-10H3;11-12H,1-10H2/b23-17-,31-22?;. The molecule has 0 bridgehead atoms. The van der Waals surface area contributed by atoms with Crippen molar-refractivity contribution in [3.05, 3.63) is 70.4 Å². The molecule has 2 aliphatic rings. The van der Waals surface area contributed by atoms with Crippen LogP contribution in [-0.2, 0) is 0 Å². The normalized spacial score (nSPS) is 17.3. The van der Waals surface area contributed by atoms with E-state index in [0.717, 1.165) is 22.7 Å². The van der Waals surface area contributed by atoms with Crippen LogP contribution >= 0.6 is 6.61 Å². The first-order valence-electron chi connectivity index (χ1n) is 18.3. The topological polar surface area (TPSA) is 15.6 Å². The second-order valence-electron chi connectivity index (χ2n) is 15.0. The van der Waals surface area contributed by atoms with E-state index < -0.39 is 0 Å². The van der Waals surface area contributed by atoms with Crippen LogP contribution in [-0.4, -0.2) is 49.3 Å². The molecule has 0 aliphatic heterocycles. The van der Waals surface area contributed by atoms with Gasteiger partial charge in [-0.1, -0.05) is 0 Å². The quantitative estimate of drug-likeness (QED) is 0.134. The number of hydrogen-bond acceptors (Lipinski definition) is 2. The van der Waals surface area contributed by atoms with E-state index in [9.17, 15) is 0 Å². The minimum atomic E-state index is 0.258. The second-order valence-corrected chi connectivity index (χ2v) is 20.8. The van der Waals surface area contributed by atoms with Crippen molar-refractivity contribution in [3.8, 4) is 0 Å². The molecule has 2 aromatic carbocycles. The van der Waals surface area contributed by atoms with E-state index in [1.165, 1.54) is 97.8 Å². The van der Waals surface area contributed by atoms with Gasteiger partial charge in [0.2, 0.25) is 0 Å². The van der Waals surface area contributed by atoms with E-state index in [-0.39, 0.29) is 6.61 Å². The van der Waals surface area contributed by atoms with Crippen molar-refractivity contribution in [1.82, 2.24) is 0 Å². The van der Waals surface area contributed by atoms with Gasteiger partial charge in [-0.3, -0.25) is 0 Å². The Labute approximate surface area is 302 Å². The van der Waals surface area contributed by atoms with E-state index in [0.29, 0.717) is 23.7 Å². The van der Waals surface area contributed by atoms with Gasteiger partial charge in [-0.15, -0.1) is 0 Å². The van der Waals surface area contributed by atoms with Gasteiger partial charge in [-0.25, -0.2) is 0 Å². The first kappa shape index (κ1) is 39.6. The van der Waals surface area contributed by atoms with Gasteiger partial charge in [-0.05, 0) is 0 Å². The van der Waals surface area contributed by atoms with Crippen LogP contribution < -0.4 is 3.86 Å². The molecule has 0 heterocycles. The molecule has 2 saturated carbocycles. The summed E-state index contributed by atoms with van der Waals surface area (Å²) in [5, 5.41) is 0. The number of allylic oxidation sites excluding steroid dienone is 2. The van der Waals surface area contributed by atoms with Gasteiger partial charge in [0.05, 0.1) is 0 Å². The van der Waals surface area contributed by atoms with Gasteiger partial charge in [0.1, 0.15) is 0 Å². The third-order valence-electron chi connectivity index (χ3n) is 9.84.